The molecule has 0 spiro atoms. The molecule has 108 valence electrons. The molecule has 6 heteroatoms. The molecule has 0 aliphatic rings. The first kappa shape index (κ1) is 16.1. The van der Waals surface area contributed by atoms with Gasteiger partial charge in [0.2, 0.25) is 0 Å². The molecule has 1 aromatic carbocycles. The maximum absolute atomic E-state index is 12.1. The monoisotopic (exact) mass is 285 g/mol. The lowest BCUT2D eigenvalue weighted by Crippen LogP contribution is -2.55. The van der Waals surface area contributed by atoms with E-state index in [0.717, 1.165) is 5.56 Å². The van der Waals surface area contributed by atoms with Crippen molar-refractivity contribution in [1.82, 2.24) is 9.44 Å². The quantitative estimate of drug-likeness (QED) is 0.757. The molecule has 1 rings (SSSR count). The van der Waals surface area contributed by atoms with Gasteiger partial charge in [0.1, 0.15) is 0 Å². The molecule has 1 unspecified atom stereocenters. The van der Waals surface area contributed by atoms with Crippen LogP contribution in [-0.2, 0) is 15.7 Å². The van der Waals surface area contributed by atoms with Gasteiger partial charge in [0.25, 0.3) is 10.2 Å². The third-order valence-corrected chi connectivity index (χ3v) is 4.22. The van der Waals surface area contributed by atoms with E-state index in [1.54, 1.807) is 27.7 Å². The van der Waals surface area contributed by atoms with Gasteiger partial charge < -0.3 is 5.73 Å². The molecule has 0 fully saturated rings. The molecule has 1 atom stereocenters. The predicted molar refractivity (Wildman–Crippen MR) is 77.8 cm³/mol. The van der Waals surface area contributed by atoms with Gasteiger partial charge in [-0.3, -0.25) is 0 Å². The van der Waals surface area contributed by atoms with Gasteiger partial charge in [-0.05, 0) is 33.3 Å². The fourth-order valence-corrected chi connectivity index (χ4v) is 3.40. The van der Waals surface area contributed by atoms with E-state index in [4.69, 9.17) is 5.73 Å². The molecule has 0 bridgehead atoms. The molecule has 5 nitrogen and oxygen atoms in total. The number of rotatable bonds is 5. The summed E-state index contributed by atoms with van der Waals surface area (Å²) in [4.78, 5) is 0. The van der Waals surface area contributed by atoms with Crippen LogP contribution in [0.1, 0.15) is 33.3 Å². The van der Waals surface area contributed by atoms with Crippen molar-refractivity contribution in [1.29, 1.82) is 0 Å². The second kappa shape index (κ2) is 5.58. The van der Waals surface area contributed by atoms with Crippen molar-refractivity contribution in [3.63, 3.8) is 0 Å². The SMILES string of the molecule is CC(C)(C)NS(=O)(=O)NC(C)(CN)c1ccccc1. The van der Waals surface area contributed by atoms with Crippen LogP contribution in [0, 0.1) is 0 Å². The summed E-state index contributed by atoms with van der Waals surface area (Å²) in [5.41, 5.74) is 5.21. The number of hydrogen-bond acceptors (Lipinski definition) is 3. The molecule has 0 radical (unpaired) electrons. The lowest BCUT2D eigenvalue weighted by molar-refractivity contribution is 0.420. The van der Waals surface area contributed by atoms with Crippen molar-refractivity contribution in [2.45, 2.75) is 38.8 Å². The van der Waals surface area contributed by atoms with E-state index in [9.17, 15) is 8.42 Å². The van der Waals surface area contributed by atoms with Crippen LogP contribution in [0.3, 0.4) is 0 Å². The highest BCUT2D eigenvalue weighted by Gasteiger charge is 2.32. The lowest BCUT2D eigenvalue weighted by atomic mass is 9.94. The molecule has 1 aromatic rings. The maximum atomic E-state index is 12.1. The highest BCUT2D eigenvalue weighted by molar-refractivity contribution is 7.87. The standard InChI is InChI=1S/C13H23N3O2S/c1-12(2,3)15-19(17,18)16-13(4,10-14)11-8-6-5-7-9-11/h5-9,15-16H,10,14H2,1-4H3. The zero-order valence-corrected chi connectivity index (χ0v) is 12.7. The molecule has 0 aliphatic heterocycles. The van der Waals surface area contributed by atoms with Gasteiger partial charge >= 0.3 is 0 Å². The summed E-state index contributed by atoms with van der Waals surface area (Å²) in [6.45, 7) is 7.30. The second-order valence-electron chi connectivity index (χ2n) is 5.86. The first-order chi connectivity index (χ1) is 8.58. The van der Waals surface area contributed by atoms with Crippen molar-refractivity contribution in [3.05, 3.63) is 35.9 Å². The Morgan fingerprint density at radius 1 is 1.05 bits per heavy atom. The Balaban J connectivity index is 3.00. The molecule has 0 heterocycles. The Morgan fingerprint density at radius 2 is 1.58 bits per heavy atom. The number of hydrogen-bond donors (Lipinski definition) is 3. The summed E-state index contributed by atoms with van der Waals surface area (Å²) in [5.74, 6) is 0. The van der Waals surface area contributed by atoms with E-state index in [0.29, 0.717) is 0 Å². The largest absolute Gasteiger partial charge is 0.328 e. The highest BCUT2D eigenvalue weighted by Crippen LogP contribution is 2.20. The molecule has 4 N–H and O–H groups in total. The third kappa shape index (κ3) is 4.91. The minimum atomic E-state index is -3.64. The van der Waals surface area contributed by atoms with Crippen LogP contribution < -0.4 is 15.2 Å². The van der Waals surface area contributed by atoms with E-state index in [1.165, 1.54) is 0 Å². The van der Waals surface area contributed by atoms with Crippen molar-refractivity contribution in [3.8, 4) is 0 Å². The average molecular weight is 285 g/mol. The zero-order valence-electron chi connectivity index (χ0n) is 11.9. The van der Waals surface area contributed by atoms with E-state index >= 15 is 0 Å². The molecule has 0 saturated heterocycles. The van der Waals surface area contributed by atoms with Crippen molar-refractivity contribution in [2.75, 3.05) is 6.54 Å². The minimum Gasteiger partial charge on any atom is -0.328 e. The van der Waals surface area contributed by atoms with Gasteiger partial charge in [-0.2, -0.15) is 17.9 Å². The second-order valence-corrected chi connectivity index (χ2v) is 7.27. The van der Waals surface area contributed by atoms with E-state index in [2.05, 4.69) is 9.44 Å². The van der Waals surface area contributed by atoms with Crippen LogP contribution in [0.25, 0.3) is 0 Å². The first-order valence-electron chi connectivity index (χ1n) is 6.16. The fraction of sp³-hybridized carbons (Fsp3) is 0.538. The maximum Gasteiger partial charge on any atom is 0.278 e. The number of nitrogens with two attached hydrogens (primary N) is 1. The molecular weight excluding hydrogens is 262 g/mol. The Morgan fingerprint density at radius 3 is 2.00 bits per heavy atom. The number of benzene rings is 1. The lowest BCUT2D eigenvalue weighted by Gasteiger charge is -2.31. The van der Waals surface area contributed by atoms with Gasteiger partial charge in [0, 0.05) is 12.1 Å². The molecule has 19 heavy (non-hydrogen) atoms. The van der Waals surface area contributed by atoms with Gasteiger partial charge in [-0.1, -0.05) is 30.3 Å². The predicted octanol–water partition coefficient (Wildman–Crippen LogP) is 1.08. The average Bonchev–Trinajstić information content (AvgIpc) is 2.26. The van der Waals surface area contributed by atoms with Crippen LogP contribution in [0.5, 0.6) is 0 Å². The van der Waals surface area contributed by atoms with Crippen molar-refractivity contribution < 1.29 is 8.42 Å². The van der Waals surface area contributed by atoms with E-state index < -0.39 is 21.3 Å². The molecular formula is C13H23N3O2S. The Hall–Kier alpha value is -0.950. The van der Waals surface area contributed by atoms with Crippen molar-refractivity contribution in [2.24, 2.45) is 5.73 Å². The summed E-state index contributed by atoms with van der Waals surface area (Å²) in [6, 6.07) is 9.30. The fourth-order valence-electron chi connectivity index (χ4n) is 1.75. The Bertz CT molecular complexity index is 508. The highest BCUT2D eigenvalue weighted by atomic mass is 32.2. The van der Waals surface area contributed by atoms with E-state index in [1.807, 2.05) is 30.3 Å². The first-order valence-corrected chi connectivity index (χ1v) is 7.65. The molecule has 0 aliphatic carbocycles. The van der Waals surface area contributed by atoms with Gasteiger partial charge in [-0.25, -0.2) is 0 Å². The van der Waals surface area contributed by atoms with Crippen LogP contribution in [0.15, 0.2) is 30.3 Å². The smallest absolute Gasteiger partial charge is 0.278 e. The summed E-state index contributed by atoms with van der Waals surface area (Å²) in [5, 5.41) is 0. The van der Waals surface area contributed by atoms with Gasteiger partial charge in [0.05, 0.1) is 5.54 Å². The summed E-state index contributed by atoms with van der Waals surface area (Å²) >= 11 is 0. The van der Waals surface area contributed by atoms with Crippen molar-refractivity contribution >= 4 is 10.2 Å². The summed E-state index contributed by atoms with van der Waals surface area (Å²) < 4.78 is 29.4. The van der Waals surface area contributed by atoms with E-state index in [-0.39, 0.29) is 6.54 Å². The van der Waals surface area contributed by atoms with Crippen LogP contribution in [0.2, 0.25) is 0 Å². The van der Waals surface area contributed by atoms with Crippen LogP contribution >= 0.6 is 0 Å². The topological polar surface area (TPSA) is 84.2 Å². The molecule has 0 amide bonds. The van der Waals surface area contributed by atoms with Crippen LogP contribution in [-0.4, -0.2) is 20.5 Å². The molecule has 0 saturated carbocycles. The van der Waals surface area contributed by atoms with Gasteiger partial charge in [0.15, 0.2) is 0 Å². The van der Waals surface area contributed by atoms with Crippen LogP contribution in [0.4, 0.5) is 0 Å². The Kier molecular flexibility index (Phi) is 4.73. The Labute approximate surface area is 115 Å². The van der Waals surface area contributed by atoms with Gasteiger partial charge in [-0.15, -0.1) is 0 Å². The minimum absolute atomic E-state index is 0.169. The third-order valence-electron chi connectivity index (χ3n) is 2.62. The summed E-state index contributed by atoms with van der Waals surface area (Å²) in [7, 11) is -3.64. The summed E-state index contributed by atoms with van der Waals surface area (Å²) in [6.07, 6.45) is 0. The number of nitrogens with one attached hydrogen (secondary N) is 2. The zero-order chi connectivity index (χ0) is 14.7. The molecule has 0 aromatic heterocycles. The normalized spacial score (nSPS) is 16.1.